The maximum Gasteiger partial charge on any atom is 0.221 e. The molecular weight excluding hydrogens is 357 g/mol. The minimum absolute atomic E-state index is 0.145. The molecular formula is C21H22FN5O. The van der Waals surface area contributed by atoms with Crippen molar-refractivity contribution >= 4 is 17.5 Å². The Morgan fingerprint density at radius 1 is 1.04 bits per heavy atom. The Hall–Kier alpha value is -3.48. The van der Waals surface area contributed by atoms with Crippen molar-refractivity contribution in [3.05, 3.63) is 83.4 Å². The van der Waals surface area contributed by atoms with Gasteiger partial charge in [-0.3, -0.25) is 4.79 Å². The maximum absolute atomic E-state index is 14.9. The van der Waals surface area contributed by atoms with E-state index in [2.05, 4.69) is 15.3 Å². The van der Waals surface area contributed by atoms with Gasteiger partial charge in [0.2, 0.25) is 11.7 Å². The van der Waals surface area contributed by atoms with Gasteiger partial charge >= 0.3 is 0 Å². The fourth-order valence-corrected chi connectivity index (χ4v) is 2.84. The van der Waals surface area contributed by atoms with Gasteiger partial charge in [-0.2, -0.15) is 4.39 Å². The molecule has 0 saturated carbocycles. The van der Waals surface area contributed by atoms with E-state index >= 15 is 0 Å². The fraction of sp³-hybridized carbons (Fsp3) is 0.190. The van der Waals surface area contributed by atoms with Gasteiger partial charge in [-0.15, -0.1) is 0 Å². The topological polar surface area (TPSA) is 84.1 Å². The quantitative estimate of drug-likeness (QED) is 0.629. The van der Waals surface area contributed by atoms with Crippen molar-refractivity contribution in [3.8, 4) is 0 Å². The average molecular weight is 379 g/mol. The lowest BCUT2D eigenvalue weighted by Crippen LogP contribution is -2.20. The molecule has 0 atom stereocenters. The number of nitrogens with one attached hydrogen (secondary N) is 1. The number of amides is 1. The number of carbonyl (C=O) groups is 1. The first-order valence-corrected chi connectivity index (χ1v) is 8.88. The molecule has 0 aliphatic heterocycles. The van der Waals surface area contributed by atoms with Crippen LogP contribution in [0.4, 0.5) is 16.0 Å². The molecule has 28 heavy (non-hydrogen) atoms. The number of hydrogen-bond acceptors (Lipinski definition) is 5. The normalized spacial score (nSPS) is 10.5. The Morgan fingerprint density at radius 3 is 2.39 bits per heavy atom. The van der Waals surface area contributed by atoms with E-state index in [4.69, 9.17) is 5.73 Å². The van der Waals surface area contributed by atoms with Crippen LogP contribution >= 0.6 is 0 Å². The highest BCUT2D eigenvalue weighted by Crippen LogP contribution is 2.22. The summed E-state index contributed by atoms with van der Waals surface area (Å²) in [6.45, 7) is 0.933. The molecule has 0 radical (unpaired) electrons. The van der Waals surface area contributed by atoms with E-state index in [9.17, 15) is 9.18 Å². The van der Waals surface area contributed by atoms with Crippen LogP contribution in [0.3, 0.4) is 0 Å². The fourth-order valence-electron chi connectivity index (χ4n) is 2.84. The molecule has 3 aromatic rings. The van der Waals surface area contributed by atoms with Gasteiger partial charge in [0.15, 0.2) is 11.6 Å². The zero-order chi connectivity index (χ0) is 19.9. The molecule has 3 rings (SSSR count). The Morgan fingerprint density at radius 2 is 1.71 bits per heavy atom. The standard InChI is InChI=1S/C21H22FN5O/c1-27(13-17-5-3-2-4-6-17)21-19(22)20(25-14-26-21)24-12-16-9-7-15(8-10-16)11-18(23)28/h2-10,14H,11-13H2,1H3,(H2,23,28)(H,24,25,26). The minimum atomic E-state index is -0.494. The van der Waals surface area contributed by atoms with Gasteiger partial charge in [-0.1, -0.05) is 54.6 Å². The third-order valence-corrected chi connectivity index (χ3v) is 4.26. The molecule has 1 amide bonds. The Kier molecular flexibility index (Phi) is 6.16. The highest BCUT2D eigenvalue weighted by atomic mass is 19.1. The highest BCUT2D eigenvalue weighted by molar-refractivity contribution is 5.76. The van der Waals surface area contributed by atoms with E-state index in [0.29, 0.717) is 13.1 Å². The Balaban J connectivity index is 1.66. The van der Waals surface area contributed by atoms with Crippen molar-refractivity contribution < 1.29 is 9.18 Å². The van der Waals surface area contributed by atoms with E-state index in [1.54, 1.807) is 11.9 Å². The van der Waals surface area contributed by atoms with Crippen molar-refractivity contribution in [2.45, 2.75) is 19.5 Å². The second-order valence-electron chi connectivity index (χ2n) is 6.51. The molecule has 0 spiro atoms. The van der Waals surface area contributed by atoms with Gasteiger partial charge < -0.3 is 16.0 Å². The molecule has 1 aromatic heterocycles. The SMILES string of the molecule is CN(Cc1ccccc1)c1ncnc(NCc2ccc(CC(N)=O)cc2)c1F. The van der Waals surface area contributed by atoms with Gasteiger partial charge in [-0.05, 0) is 16.7 Å². The smallest absolute Gasteiger partial charge is 0.221 e. The van der Waals surface area contributed by atoms with Crippen LogP contribution in [0, 0.1) is 5.82 Å². The van der Waals surface area contributed by atoms with E-state index < -0.39 is 5.82 Å². The predicted octanol–water partition coefficient (Wildman–Crippen LogP) is 2.89. The summed E-state index contributed by atoms with van der Waals surface area (Å²) >= 11 is 0. The van der Waals surface area contributed by atoms with Crippen LogP contribution in [0.1, 0.15) is 16.7 Å². The summed E-state index contributed by atoms with van der Waals surface area (Å²) in [4.78, 5) is 20.8. The third-order valence-electron chi connectivity index (χ3n) is 4.26. The monoisotopic (exact) mass is 379 g/mol. The molecule has 1 heterocycles. The number of carbonyl (C=O) groups excluding carboxylic acids is 1. The Labute approximate surface area is 163 Å². The number of benzene rings is 2. The molecule has 2 aromatic carbocycles. The van der Waals surface area contributed by atoms with Crippen molar-refractivity contribution in [3.63, 3.8) is 0 Å². The molecule has 144 valence electrons. The van der Waals surface area contributed by atoms with Gasteiger partial charge in [0, 0.05) is 20.1 Å². The highest BCUT2D eigenvalue weighted by Gasteiger charge is 2.15. The molecule has 0 unspecified atom stereocenters. The first kappa shape index (κ1) is 19.3. The van der Waals surface area contributed by atoms with Crippen LogP contribution in [0.2, 0.25) is 0 Å². The van der Waals surface area contributed by atoms with Gasteiger partial charge in [0.05, 0.1) is 6.42 Å². The summed E-state index contributed by atoms with van der Waals surface area (Å²) in [6.07, 6.45) is 1.55. The lowest BCUT2D eigenvalue weighted by Gasteiger charge is -2.19. The minimum Gasteiger partial charge on any atom is -0.369 e. The number of nitrogens with two attached hydrogens (primary N) is 1. The van der Waals surface area contributed by atoms with E-state index in [1.807, 2.05) is 54.6 Å². The number of halogens is 1. The largest absolute Gasteiger partial charge is 0.369 e. The molecule has 0 aliphatic rings. The first-order valence-electron chi connectivity index (χ1n) is 8.88. The van der Waals surface area contributed by atoms with Gasteiger partial charge in [0.25, 0.3) is 0 Å². The molecule has 7 heteroatoms. The number of hydrogen-bond donors (Lipinski definition) is 2. The summed E-state index contributed by atoms with van der Waals surface area (Å²) in [5.41, 5.74) is 8.03. The van der Waals surface area contributed by atoms with Crippen molar-refractivity contribution in [2.24, 2.45) is 5.73 Å². The van der Waals surface area contributed by atoms with Gasteiger partial charge in [0.1, 0.15) is 6.33 Å². The number of aromatic nitrogens is 2. The van der Waals surface area contributed by atoms with Gasteiger partial charge in [-0.25, -0.2) is 9.97 Å². The van der Waals surface area contributed by atoms with Crippen LogP contribution in [0.5, 0.6) is 0 Å². The lowest BCUT2D eigenvalue weighted by molar-refractivity contribution is -0.117. The molecule has 0 bridgehead atoms. The molecule has 3 N–H and O–H groups in total. The van der Waals surface area contributed by atoms with Crippen LogP contribution in [-0.4, -0.2) is 22.9 Å². The summed E-state index contributed by atoms with van der Waals surface area (Å²) in [5.74, 6) is -0.489. The Bertz CT molecular complexity index is 931. The summed E-state index contributed by atoms with van der Waals surface area (Å²) in [5, 5.41) is 3.00. The van der Waals surface area contributed by atoms with Crippen LogP contribution < -0.4 is 16.0 Å². The van der Waals surface area contributed by atoms with Crippen molar-refractivity contribution in [1.82, 2.24) is 9.97 Å². The maximum atomic E-state index is 14.9. The predicted molar refractivity (Wildman–Crippen MR) is 107 cm³/mol. The summed E-state index contributed by atoms with van der Waals surface area (Å²) in [7, 11) is 1.79. The van der Waals surface area contributed by atoms with E-state index in [-0.39, 0.29) is 24.0 Å². The zero-order valence-corrected chi connectivity index (χ0v) is 15.6. The molecule has 0 aliphatic carbocycles. The van der Waals surface area contributed by atoms with Crippen LogP contribution in [-0.2, 0) is 24.3 Å². The number of anilines is 2. The average Bonchev–Trinajstić information content (AvgIpc) is 2.68. The number of rotatable bonds is 8. The second kappa shape index (κ2) is 8.94. The van der Waals surface area contributed by atoms with E-state index in [1.165, 1.54) is 6.33 Å². The zero-order valence-electron chi connectivity index (χ0n) is 15.6. The number of primary amides is 1. The first-order chi connectivity index (χ1) is 13.5. The third kappa shape index (κ3) is 5.03. The van der Waals surface area contributed by atoms with E-state index in [0.717, 1.165) is 16.7 Å². The lowest BCUT2D eigenvalue weighted by atomic mass is 10.1. The molecule has 0 saturated heterocycles. The van der Waals surface area contributed by atoms with Crippen molar-refractivity contribution in [1.29, 1.82) is 0 Å². The van der Waals surface area contributed by atoms with Crippen LogP contribution in [0.15, 0.2) is 60.9 Å². The summed E-state index contributed by atoms with van der Waals surface area (Å²) < 4.78 is 14.9. The molecule has 0 fully saturated rings. The van der Waals surface area contributed by atoms with Crippen LogP contribution in [0.25, 0.3) is 0 Å². The second-order valence-corrected chi connectivity index (χ2v) is 6.51. The van der Waals surface area contributed by atoms with Crippen molar-refractivity contribution in [2.75, 3.05) is 17.3 Å². The number of nitrogens with zero attached hydrogens (tertiary/aromatic N) is 3. The summed E-state index contributed by atoms with van der Waals surface area (Å²) in [6, 6.07) is 17.2. The molecule has 6 nitrogen and oxygen atoms in total.